The van der Waals surface area contributed by atoms with Gasteiger partial charge in [0.15, 0.2) is 0 Å². The lowest BCUT2D eigenvalue weighted by Gasteiger charge is -2.19. The van der Waals surface area contributed by atoms with Gasteiger partial charge in [0.05, 0.1) is 6.07 Å². The van der Waals surface area contributed by atoms with Gasteiger partial charge in [-0.3, -0.25) is 13.9 Å². The summed E-state index contributed by atoms with van der Waals surface area (Å²) in [5, 5.41) is 10.7. The molecule has 25 heavy (non-hydrogen) atoms. The Morgan fingerprint density at radius 2 is 1.92 bits per heavy atom. The molecular formula is C19H23ClN2O3. The molecule has 1 aliphatic rings. The van der Waals surface area contributed by atoms with Gasteiger partial charge < -0.3 is 5.11 Å². The van der Waals surface area contributed by atoms with Crippen LogP contribution in [-0.4, -0.2) is 14.2 Å². The molecule has 5 nitrogen and oxygen atoms in total. The average molecular weight is 363 g/mol. The number of aryl methyl sites for hydroxylation is 1. The molecular weight excluding hydrogens is 340 g/mol. The molecule has 0 amide bonds. The van der Waals surface area contributed by atoms with Gasteiger partial charge in [0.25, 0.3) is 5.56 Å². The van der Waals surface area contributed by atoms with Crippen molar-refractivity contribution in [1.82, 2.24) is 9.13 Å². The molecule has 1 unspecified atom stereocenters. The van der Waals surface area contributed by atoms with Crippen molar-refractivity contribution in [3.63, 3.8) is 0 Å². The van der Waals surface area contributed by atoms with Crippen LogP contribution in [0.25, 0.3) is 0 Å². The first-order valence-corrected chi connectivity index (χ1v) is 8.94. The minimum atomic E-state index is -0.429. The van der Waals surface area contributed by atoms with Gasteiger partial charge in [-0.05, 0) is 48.8 Å². The Labute approximate surface area is 151 Å². The number of benzene rings is 1. The van der Waals surface area contributed by atoms with E-state index in [4.69, 9.17) is 11.6 Å². The highest BCUT2D eigenvalue weighted by Crippen LogP contribution is 2.42. The molecule has 6 heteroatoms. The van der Waals surface area contributed by atoms with Gasteiger partial charge in [-0.2, -0.15) is 0 Å². The van der Waals surface area contributed by atoms with Crippen LogP contribution in [0.4, 0.5) is 0 Å². The maximum atomic E-state index is 12.8. The monoisotopic (exact) mass is 362 g/mol. The number of aromatic hydroxyl groups is 1. The lowest BCUT2D eigenvalue weighted by atomic mass is 9.92. The van der Waals surface area contributed by atoms with Gasteiger partial charge in [-0.15, -0.1) is 0 Å². The molecule has 1 atom stereocenters. The van der Waals surface area contributed by atoms with Crippen LogP contribution in [0.3, 0.4) is 0 Å². The van der Waals surface area contributed by atoms with Gasteiger partial charge in [-0.25, -0.2) is 4.79 Å². The highest BCUT2D eigenvalue weighted by atomic mass is 35.5. The quantitative estimate of drug-likeness (QED) is 0.907. The molecule has 134 valence electrons. The molecule has 0 bridgehead atoms. The van der Waals surface area contributed by atoms with Gasteiger partial charge in [0.2, 0.25) is 5.88 Å². The predicted octanol–water partition coefficient (Wildman–Crippen LogP) is 3.36. The second-order valence-corrected chi connectivity index (χ2v) is 8.02. The predicted molar refractivity (Wildman–Crippen MR) is 98.5 cm³/mol. The Morgan fingerprint density at radius 1 is 1.24 bits per heavy atom. The first kappa shape index (κ1) is 17.8. The molecule has 2 aromatic rings. The average Bonchev–Trinajstić information content (AvgIpc) is 2.88. The van der Waals surface area contributed by atoms with Crippen molar-refractivity contribution in [3.8, 4) is 5.88 Å². The Balaban J connectivity index is 1.89. The maximum Gasteiger partial charge on any atom is 0.334 e. The minimum absolute atomic E-state index is 0.0996. The van der Waals surface area contributed by atoms with Crippen molar-refractivity contribution >= 4 is 11.6 Å². The normalized spacial score (nSPS) is 19.2. The van der Waals surface area contributed by atoms with E-state index in [-0.39, 0.29) is 17.3 Å². The van der Waals surface area contributed by atoms with Crippen molar-refractivity contribution < 1.29 is 5.11 Å². The molecule has 1 aromatic heterocycles. The van der Waals surface area contributed by atoms with Crippen molar-refractivity contribution in [2.45, 2.75) is 52.1 Å². The highest BCUT2D eigenvalue weighted by Gasteiger charge is 2.33. The van der Waals surface area contributed by atoms with E-state index in [9.17, 15) is 14.7 Å². The summed E-state index contributed by atoms with van der Waals surface area (Å²) in [5.74, 6) is -0.280. The summed E-state index contributed by atoms with van der Waals surface area (Å²) >= 11 is 5.88. The van der Waals surface area contributed by atoms with Gasteiger partial charge in [0, 0.05) is 17.6 Å². The van der Waals surface area contributed by atoms with E-state index in [2.05, 4.69) is 13.8 Å². The standard InChI is InChI=1S/C19H23ClN2O3/c1-19(2)9-7-15(12-19)22-17(24)11-16(23)21(18(22)25)10-8-13-3-5-14(20)6-4-13/h3-6,11,15,23H,7-10,12H2,1-2H3. The molecule has 0 aliphatic heterocycles. The summed E-state index contributed by atoms with van der Waals surface area (Å²) in [5.41, 5.74) is 0.285. The van der Waals surface area contributed by atoms with Crippen LogP contribution >= 0.6 is 11.6 Å². The number of aromatic nitrogens is 2. The second-order valence-electron chi connectivity index (χ2n) is 7.58. The molecule has 1 N–H and O–H groups in total. The third-order valence-corrected chi connectivity index (χ3v) is 5.30. The first-order chi connectivity index (χ1) is 11.8. The van der Waals surface area contributed by atoms with Crippen molar-refractivity contribution in [2.24, 2.45) is 5.41 Å². The number of rotatable bonds is 4. The van der Waals surface area contributed by atoms with Crippen LogP contribution in [0.1, 0.15) is 44.7 Å². The zero-order valence-electron chi connectivity index (χ0n) is 14.5. The number of hydrogen-bond acceptors (Lipinski definition) is 3. The molecule has 0 saturated heterocycles. The molecule has 1 heterocycles. The lowest BCUT2D eigenvalue weighted by molar-refractivity contribution is 0.339. The van der Waals surface area contributed by atoms with E-state index >= 15 is 0 Å². The van der Waals surface area contributed by atoms with Gasteiger partial charge >= 0.3 is 5.69 Å². The number of nitrogens with zero attached hydrogens (tertiary/aromatic N) is 2. The van der Waals surface area contributed by atoms with Crippen molar-refractivity contribution in [3.05, 3.63) is 61.8 Å². The van der Waals surface area contributed by atoms with Crippen LogP contribution < -0.4 is 11.2 Å². The Kier molecular flexibility index (Phi) is 4.78. The zero-order chi connectivity index (χ0) is 18.2. The fourth-order valence-corrected chi connectivity index (χ4v) is 3.76. The lowest BCUT2D eigenvalue weighted by Crippen LogP contribution is -2.41. The Morgan fingerprint density at radius 3 is 2.52 bits per heavy atom. The molecule has 0 radical (unpaired) electrons. The van der Waals surface area contributed by atoms with E-state index in [0.717, 1.165) is 30.9 Å². The summed E-state index contributed by atoms with van der Waals surface area (Å²) < 4.78 is 2.59. The third kappa shape index (κ3) is 3.82. The minimum Gasteiger partial charge on any atom is -0.494 e. The molecule has 3 rings (SSSR count). The summed E-state index contributed by atoms with van der Waals surface area (Å²) in [6.07, 6.45) is 3.16. The maximum absolute atomic E-state index is 12.8. The van der Waals surface area contributed by atoms with Crippen molar-refractivity contribution in [2.75, 3.05) is 0 Å². The fraction of sp³-hybridized carbons (Fsp3) is 0.474. The van der Waals surface area contributed by atoms with E-state index in [1.165, 1.54) is 9.13 Å². The van der Waals surface area contributed by atoms with Crippen LogP contribution in [0.15, 0.2) is 39.9 Å². The Hall–Kier alpha value is -2.01. The first-order valence-electron chi connectivity index (χ1n) is 8.57. The molecule has 1 saturated carbocycles. The topological polar surface area (TPSA) is 64.2 Å². The molecule has 0 spiro atoms. The summed E-state index contributed by atoms with van der Waals surface area (Å²) in [6.45, 7) is 4.61. The van der Waals surface area contributed by atoms with Crippen LogP contribution in [0, 0.1) is 5.41 Å². The number of halogens is 1. The fourth-order valence-electron chi connectivity index (χ4n) is 3.64. The smallest absolute Gasteiger partial charge is 0.334 e. The molecule has 1 fully saturated rings. The summed E-state index contributed by atoms with van der Waals surface area (Å²) in [4.78, 5) is 25.1. The van der Waals surface area contributed by atoms with E-state index in [1.807, 2.05) is 12.1 Å². The van der Waals surface area contributed by atoms with Crippen LogP contribution in [-0.2, 0) is 13.0 Å². The molecule has 1 aliphatic carbocycles. The number of hydrogen-bond donors (Lipinski definition) is 1. The van der Waals surface area contributed by atoms with E-state index in [1.54, 1.807) is 12.1 Å². The summed E-state index contributed by atoms with van der Waals surface area (Å²) in [7, 11) is 0. The second kappa shape index (κ2) is 6.71. The largest absolute Gasteiger partial charge is 0.494 e. The van der Waals surface area contributed by atoms with Crippen molar-refractivity contribution in [1.29, 1.82) is 0 Å². The van der Waals surface area contributed by atoms with Gasteiger partial charge in [0.1, 0.15) is 0 Å². The Bertz CT molecular complexity index is 881. The SMILES string of the molecule is CC1(C)CCC(n2c(=O)cc(O)n(CCc3ccc(Cl)cc3)c2=O)C1. The van der Waals surface area contributed by atoms with E-state index < -0.39 is 11.2 Å². The third-order valence-electron chi connectivity index (χ3n) is 5.05. The molecule has 1 aromatic carbocycles. The summed E-state index contributed by atoms with van der Waals surface area (Å²) in [6, 6.07) is 8.41. The highest BCUT2D eigenvalue weighted by molar-refractivity contribution is 6.30. The van der Waals surface area contributed by atoms with Crippen LogP contribution in [0.2, 0.25) is 5.02 Å². The zero-order valence-corrected chi connectivity index (χ0v) is 15.3. The van der Waals surface area contributed by atoms with Gasteiger partial charge in [-0.1, -0.05) is 37.6 Å². The van der Waals surface area contributed by atoms with E-state index in [0.29, 0.717) is 18.0 Å². The van der Waals surface area contributed by atoms with Crippen LogP contribution in [0.5, 0.6) is 5.88 Å².